The second-order valence-corrected chi connectivity index (χ2v) is 9.57. The van der Waals surface area contributed by atoms with Crippen LogP contribution in [0.3, 0.4) is 0 Å². The van der Waals surface area contributed by atoms with Crippen molar-refractivity contribution in [2.24, 2.45) is 17.8 Å². The summed E-state index contributed by atoms with van der Waals surface area (Å²) in [4.78, 5) is 27.0. The number of nitrogens with zero attached hydrogens (tertiary/aromatic N) is 3. The van der Waals surface area contributed by atoms with Gasteiger partial charge in [-0.25, -0.2) is 0 Å². The molecule has 0 spiro atoms. The summed E-state index contributed by atoms with van der Waals surface area (Å²) in [5.74, 6) is 1.77. The fourth-order valence-corrected chi connectivity index (χ4v) is 5.52. The Balaban J connectivity index is 1.60. The number of hydrogen-bond donors (Lipinski definition) is 1. The molecule has 0 aromatic carbocycles. The van der Waals surface area contributed by atoms with Crippen molar-refractivity contribution in [3.63, 3.8) is 0 Å². The van der Waals surface area contributed by atoms with Gasteiger partial charge < -0.3 is 10.2 Å². The summed E-state index contributed by atoms with van der Waals surface area (Å²) in [5.41, 5.74) is 0. The molecule has 0 bridgehead atoms. The van der Waals surface area contributed by atoms with E-state index < -0.39 is 0 Å². The van der Waals surface area contributed by atoms with Crippen molar-refractivity contribution in [1.29, 1.82) is 0 Å². The molecule has 8 heteroatoms. The summed E-state index contributed by atoms with van der Waals surface area (Å²) < 4.78 is 0.854. The van der Waals surface area contributed by atoms with Gasteiger partial charge >= 0.3 is 0 Å². The van der Waals surface area contributed by atoms with E-state index in [9.17, 15) is 9.59 Å². The number of nitrogens with one attached hydrogen (secondary N) is 1. The number of carbonyl (C=O) groups is 2. The minimum Gasteiger partial charge on any atom is -0.339 e. The molecule has 2 fully saturated rings. The summed E-state index contributed by atoms with van der Waals surface area (Å²) in [6.07, 6.45) is 3.76. The second kappa shape index (κ2) is 8.03. The van der Waals surface area contributed by atoms with Crippen LogP contribution in [-0.2, 0) is 9.59 Å². The third-order valence-electron chi connectivity index (χ3n) is 5.50. The highest BCUT2D eigenvalue weighted by atomic mass is 32.2. The standard InChI is InChI=1S/C17H26N4O2S2/c1-4-24-17-20-19-16(25-17)18-15(23)12-8-14(22)21(9-12)13-7-5-6-10(2)11(13)3/h10-13H,4-9H2,1-3H3,(H,18,19,23)/t10-,11-,12+,13-/m0/s1. The van der Waals surface area contributed by atoms with Crippen LogP contribution in [0.2, 0.25) is 0 Å². The predicted molar refractivity (Wildman–Crippen MR) is 101 cm³/mol. The number of rotatable bonds is 5. The quantitative estimate of drug-likeness (QED) is 0.625. The van der Waals surface area contributed by atoms with Gasteiger partial charge in [0.15, 0.2) is 4.34 Å². The van der Waals surface area contributed by atoms with Crippen LogP contribution >= 0.6 is 23.1 Å². The van der Waals surface area contributed by atoms with Crippen LogP contribution in [-0.4, -0.2) is 45.3 Å². The summed E-state index contributed by atoms with van der Waals surface area (Å²) in [5, 5.41) is 11.4. The Morgan fingerprint density at radius 3 is 2.92 bits per heavy atom. The summed E-state index contributed by atoms with van der Waals surface area (Å²) >= 11 is 2.99. The number of aromatic nitrogens is 2. The third-order valence-corrected chi connectivity index (χ3v) is 7.35. The monoisotopic (exact) mass is 382 g/mol. The first kappa shape index (κ1) is 18.6. The third kappa shape index (κ3) is 4.16. The van der Waals surface area contributed by atoms with Crippen molar-refractivity contribution >= 4 is 40.0 Å². The number of anilines is 1. The lowest BCUT2D eigenvalue weighted by atomic mass is 9.77. The van der Waals surface area contributed by atoms with Gasteiger partial charge in [-0.3, -0.25) is 9.59 Å². The molecule has 1 aromatic heterocycles. The largest absolute Gasteiger partial charge is 0.339 e. The normalized spacial score (nSPS) is 29.9. The Kier molecular flexibility index (Phi) is 5.99. The lowest BCUT2D eigenvalue weighted by Gasteiger charge is -2.40. The highest BCUT2D eigenvalue weighted by Gasteiger charge is 2.41. The Labute approximate surface area is 157 Å². The first-order valence-corrected chi connectivity index (χ1v) is 10.9. The molecule has 0 radical (unpaired) electrons. The number of likely N-dealkylation sites (tertiary alicyclic amines) is 1. The Morgan fingerprint density at radius 1 is 1.36 bits per heavy atom. The lowest BCUT2D eigenvalue weighted by molar-refractivity contribution is -0.131. The summed E-state index contributed by atoms with van der Waals surface area (Å²) in [7, 11) is 0. The van der Waals surface area contributed by atoms with E-state index in [2.05, 4.69) is 36.3 Å². The molecule has 1 N–H and O–H groups in total. The van der Waals surface area contributed by atoms with Crippen LogP contribution in [0.1, 0.15) is 46.5 Å². The van der Waals surface area contributed by atoms with Gasteiger partial charge in [0.2, 0.25) is 16.9 Å². The topological polar surface area (TPSA) is 75.2 Å². The van der Waals surface area contributed by atoms with E-state index in [-0.39, 0.29) is 23.8 Å². The zero-order chi connectivity index (χ0) is 18.0. The van der Waals surface area contributed by atoms with Crippen LogP contribution in [0.25, 0.3) is 0 Å². The summed E-state index contributed by atoms with van der Waals surface area (Å²) in [6.45, 7) is 7.09. The van der Waals surface area contributed by atoms with Gasteiger partial charge in [0, 0.05) is 19.0 Å². The van der Waals surface area contributed by atoms with Crippen LogP contribution in [0.15, 0.2) is 4.34 Å². The van der Waals surface area contributed by atoms with Crippen molar-refractivity contribution in [2.75, 3.05) is 17.6 Å². The molecular weight excluding hydrogens is 356 g/mol. The van der Waals surface area contributed by atoms with Gasteiger partial charge in [0.1, 0.15) is 0 Å². The van der Waals surface area contributed by atoms with Crippen molar-refractivity contribution < 1.29 is 9.59 Å². The number of hydrogen-bond acceptors (Lipinski definition) is 6. The van der Waals surface area contributed by atoms with Crippen LogP contribution < -0.4 is 5.32 Å². The van der Waals surface area contributed by atoms with Crippen LogP contribution in [0, 0.1) is 17.8 Å². The molecule has 1 saturated carbocycles. The molecule has 3 rings (SSSR count). The lowest BCUT2D eigenvalue weighted by Crippen LogP contribution is -2.45. The van der Waals surface area contributed by atoms with Crippen molar-refractivity contribution in [3.05, 3.63) is 0 Å². The number of carbonyl (C=O) groups excluding carboxylic acids is 2. The minimum atomic E-state index is -0.289. The van der Waals surface area contributed by atoms with E-state index in [0.29, 0.717) is 29.9 Å². The van der Waals surface area contributed by atoms with Crippen molar-refractivity contribution in [3.8, 4) is 0 Å². The highest BCUT2D eigenvalue weighted by Crippen LogP contribution is 2.36. The molecule has 2 aliphatic rings. The van der Waals surface area contributed by atoms with Gasteiger partial charge in [0.05, 0.1) is 5.92 Å². The molecule has 138 valence electrons. The van der Waals surface area contributed by atoms with E-state index in [4.69, 9.17) is 0 Å². The fraction of sp³-hybridized carbons (Fsp3) is 0.765. The van der Waals surface area contributed by atoms with E-state index in [1.807, 2.05) is 4.90 Å². The average Bonchev–Trinajstić information content (AvgIpc) is 3.17. The first-order valence-electron chi connectivity index (χ1n) is 9.06. The van der Waals surface area contributed by atoms with Crippen LogP contribution in [0.5, 0.6) is 0 Å². The van der Waals surface area contributed by atoms with Crippen LogP contribution in [0.4, 0.5) is 5.13 Å². The molecular formula is C17H26N4O2S2. The van der Waals surface area contributed by atoms with Gasteiger partial charge in [-0.2, -0.15) is 0 Å². The maximum absolute atomic E-state index is 12.5. The van der Waals surface area contributed by atoms with Crippen molar-refractivity contribution in [1.82, 2.24) is 15.1 Å². The molecule has 2 amide bonds. The smallest absolute Gasteiger partial charge is 0.231 e. The number of amides is 2. The molecule has 1 saturated heterocycles. The van der Waals surface area contributed by atoms with Gasteiger partial charge in [-0.05, 0) is 24.0 Å². The predicted octanol–water partition coefficient (Wildman–Crippen LogP) is 3.26. The molecule has 1 aliphatic heterocycles. The van der Waals surface area contributed by atoms with Gasteiger partial charge in [0.25, 0.3) is 0 Å². The van der Waals surface area contributed by atoms with Gasteiger partial charge in [-0.1, -0.05) is 56.7 Å². The molecule has 2 heterocycles. The molecule has 25 heavy (non-hydrogen) atoms. The van der Waals surface area contributed by atoms with Gasteiger partial charge in [-0.15, -0.1) is 10.2 Å². The zero-order valence-corrected chi connectivity index (χ0v) is 16.7. The van der Waals surface area contributed by atoms with E-state index >= 15 is 0 Å². The Hall–Kier alpha value is -1.15. The van der Waals surface area contributed by atoms with Crippen molar-refractivity contribution in [2.45, 2.75) is 56.8 Å². The Morgan fingerprint density at radius 2 is 2.16 bits per heavy atom. The minimum absolute atomic E-state index is 0.114. The molecule has 6 nitrogen and oxygen atoms in total. The molecule has 1 aliphatic carbocycles. The second-order valence-electron chi connectivity index (χ2n) is 7.08. The van der Waals surface area contributed by atoms with E-state index in [0.717, 1.165) is 16.5 Å². The summed E-state index contributed by atoms with van der Waals surface area (Å²) in [6, 6.07) is 0.281. The maximum atomic E-state index is 12.5. The highest BCUT2D eigenvalue weighted by molar-refractivity contribution is 8.01. The fourth-order valence-electron chi connectivity index (χ4n) is 3.87. The van der Waals surface area contributed by atoms with E-state index in [1.54, 1.807) is 11.8 Å². The first-order chi connectivity index (χ1) is 12.0. The van der Waals surface area contributed by atoms with E-state index in [1.165, 1.54) is 24.2 Å². The average molecular weight is 383 g/mol. The number of thioether (sulfide) groups is 1. The Bertz CT molecular complexity index is 636. The zero-order valence-electron chi connectivity index (χ0n) is 15.0. The molecule has 4 atom stereocenters. The SMILES string of the molecule is CCSc1nnc(NC(=O)[C@@H]2CC(=O)N([C@H]3CCC[C@H](C)[C@@H]3C)C2)s1. The maximum Gasteiger partial charge on any atom is 0.231 e. The molecule has 0 unspecified atom stereocenters. The molecule has 1 aromatic rings.